The van der Waals surface area contributed by atoms with Crippen LogP contribution in [0.25, 0.3) is 0 Å². The van der Waals surface area contributed by atoms with Crippen LogP contribution in [0.15, 0.2) is 18.2 Å². The summed E-state index contributed by atoms with van der Waals surface area (Å²) in [6, 6.07) is 5.85. The molecule has 116 valence electrons. The molecule has 2 unspecified atom stereocenters. The third kappa shape index (κ3) is 3.44. The van der Waals surface area contributed by atoms with Crippen LogP contribution in [0.3, 0.4) is 0 Å². The van der Waals surface area contributed by atoms with Crippen LogP contribution in [0.4, 0.5) is 11.4 Å². The molecule has 1 aromatic carbocycles. The number of rotatable bonds is 5. The van der Waals surface area contributed by atoms with E-state index in [-0.39, 0.29) is 10.6 Å². The van der Waals surface area contributed by atoms with Gasteiger partial charge in [0, 0.05) is 12.1 Å². The van der Waals surface area contributed by atoms with Crippen LogP contribution in [0, 0.1) is 10.1 Å². The van der Waals surface area contributed by atoms with E-state index in [1.54, 1.807) is 18.2 Å². The smallest absolute Gasteiger partial charge is 0.335 e. The van der Waals surface area contributed by atoms with Crippen molar-refractivity contribution in [1.82, 2.24) is 5.01 Å². The second-order valence-corrected chi connectivity index (χ2v) is 5.49. The molecule has 0 spiro atoms. The molecule has 1 saturated heterocycles. The summed E-state index contributed by atoms with van der Waals surface area (Å²) in [4.78, 5) is 11.0. The lowest BCUT2D eigenvalue weighted by Crippen LogP contribution is -2.47. The van der Waals surface area contributed by atoms with Crippen molar-refractivity contribution in [3.8, 4) is 5.75 Å². The van der Waals surface area contributed by atoms with Gasteiger partial charge in [0.2, 0.25) is 0 Å². The average molecular weight is 293 g/mol. The third-order valence-corrected chi connectivity index (χ3v) is 3.92. The monoisotopic (exact) mass is 293 g/mol. The van der Waals surface area contributed by atoms with E-state index in [1.165, 1.54) is 6.42 Å². The molecular weight excluding hydrogens is 270 g/mol. The summed E-state index contributed by atoms with van der Waals surface area (Å²) in [6.45, 7) is 6.50. The Balaban J connectivity index is 2.30. The molecule has 1 aliphatic heterocycles. The van der Waals surface area contributed by atoms with Crippen molar-refractivity contribution >= 4 is 11.4 Å². The maximum Gasteiger partial charge on any atom is 0.335 e. The normalized spacial score (nSPS) is 22.8. The standard InChI is InChI=1S/C15H23N3O3/c1-4-21-14-10-6-9-13(15(14)18(19)20)16-17-11(2)7-5-8-12(17)3/h6,9-12,16H,4-5,7-8H2,1-3H3. The van der Waals surface area contributed by atoms with Crippen molar-refractivity contribution in [2.24, 2.45) is 0 Å². The molecule has 6 heteroatoms. The van der Waals surface area contributed by atoms with Gasteiger partial charge < -0.3 is 10.2 Å². The summed E-state index contributed by atoms with van der Waals surface area (Å²) in [7, 11) is 0. The van der Waals surface area contributed by atoms with Gasteiger partial charge in [-0.25, -0.2) is 5.01 Å². The second-order valence-electron chi connectivity index (χ2n) is 5.49. The Morgan fingerprint density at radius 1 is 1.38 bits per heavy atom. The maximum absolute atomic E-state index is 11.4. The van der Waals surface area contributed by atoms with Gasteiger partial charge in [-0.2, -0.15) is 0 Å². The molecule has 1 fully saturated rings. The third-order valence-electron chi connectivity index (χ3n) is 3.92. The molecule has 0 radical (unpaired) electrons. The van der Waals surface area contributed by atoms with E-state index in [4.69, 9.17) is 4.74 Å². The Bertz CT molecular complexity index is 497. The van der Waals surface area contributed by atoms with Crippen LogP contribution in [-0.2, 0) is 0 Å². The fourth-order valence-electron chi connectivity index (χ4n) is 2.85. The van der Waals surface area contributed by atoms with Crippen molar-refractivity contribution in [2.75, 3.05) is 12.0 Å². The van der Waals surface area contributed by atoms with E-state index in [2.05, 4.69) is 24.3 Å². The average Bonchev–Trinajstić information content (AvgIpc) is 2.43. The minimum absolute atomic E-state index is 0.00400. The number of para-hydroxylation sites is 1. The molecule has 2 atom stereocenters. The topological polar surface area (TPSA) is 67.6 Å². The van der Waals surface area contributed by atoms with E-state index in [9.17, 15) is 10.1 Å². The molecule has 21 heavy (non-hydrogen) atoms. The van der Waals surface area contributed by atoms with Crippen LogP contribution in [0.1, 0.15) is 40.0 Å². The Kier molecular flexibility index (Phi) is 5.01. The van der Waals surface area contributed by atoms with E-state index in [0.717, 1.165) is 12.8 Å². The summed E-state index contributed by atoms with van der Waals surface area (Å²) in [6.07, 6.45) is 3.38. The number of nitrogens with one attached hydrogen (secondary N) is 1. The number of hydrogen-bond donors (Lipinski definition) is 1. The second kappa shape index (κ2) is 6.76. The number of hydrogen-bond acceptors (Lipinski definition) is 5. The Labute approximate surface area is 125 Å². The molecule has 1 heterocycles. The molecule has 1 aliphatic rings. The minimum atomic E-state index is -0.382. The highest BCUT2D eigenvalue weighted by atomic mass is 16.6. The number of nitro groups is 1. The van der Waals surface area contributed by atoms with Crippen LogP contribution >= 0.6 is 0 Å². The van der Waals surface area contributed by atoms with Crippen molar-refractivity contribution < 1.29 is 9.66 Å². The Morgan fingerprint density at radius 2 is 2.05 bits per heavy atom. The first-order chi connectivity index (χ1) is 10.0. The van der Waals surface area contributed by atoms with E-state index in [0.29, 0.717) is 30.1 Å². The highest BCUT2D eigenvalue weighted by Crippen LogP contribution is 2.36. The predicted molar refractivity (Wildman–Crippen MR) is 82.5 cm³/mol. The van der Waals surface area contributed by atoms with Gasteiger partial charge in [0.05, 0.1) is 11.5 Å². The zero-order chi connectivity index (χ0) is 15.4. The summed E-state index contributed by atoms with van der Waals surface area (Å²) in [5.74, 6) is 0.310. The fourth-order valence-corrected chi connectivity index (χ4v) is 2.85. The predicted octanol–water partition coefficient (Wildman–Crippen LogP) is 3.58. The first kappa shape index (κ1) is 15.6. The maximum atomic E-state index is 11.4. The summed E-state index contributed by atoms with van der Waals surface area (Å²) in [5, 5.41) is 13.5. The molecule has 2 rings (SSSR count). The number of nitrogens with zero attached hydrogens (tertiary/aromatic N) is 2. The molecule has 0 bridgehead atoms. The fraction of sp³-hybridized carbons (Fsp3) is 0.600. The number of piperidine rings is 1. The zero-order valence-electron chi connectivity index (χ0n) is 12.8. The van der Waals surface area contributed by atoms with Gasteiger partial charge in [-0.1, -0.05) is 12.5 Å². The molecule has 0 aliphatic carbocycles. The number of ether oxygens (including phenoxy) is 1. The van der Waals surface area contributed by atoms with Crippen molar-refractivity contribution in [3.05, 3.63) is 28.3 Å². The number of anilines is 1. The van der Waals surface area contributed by atoms with Crippen molar-refractivity contribution in [3.63, 3.8) is 0 Å². The molecule has 1 aromatic rings. The zero-order valence-corrected chi connectivity index (χ0v) is 12.8. The van der Waals surface area contributed by atoms with Crippen molar-refractivity contribution in [2.45, 2.75) is 52.1 Å². The number of nitro benzene ring substituents is 1. The van der Waals surface area contributed by atoms with Gasteiger partial charge in [-0.3, -0.25) is 10.1 Å². The van der Waals surface area contributed by atoms with Gasteiger partial charge in [0.25, 0.3) is 0 Å². The summed E-state index contributed by atoms with van der Waals surface area (Å²) < 4.78 is 5.38. The highest BCUT2D eigenvalue weighted by Gasteiger charge is 2.28. The van der Waals surface area contributed by atoms with Gasteiger partial charge in [0.15, 0.2) is 5.75 Å². The van der Waals surface area contributed by atoms with Gasteiger partial charge in [0.1, 0.15) is 5.69 Å². The first-order valence-electron chi connectivity index (χ1n) is 7.49. The SMILES string of the molecule is CCOc1cccc(NN2C(C)CCCC2C)c1[N+](=O)[O-]. The van der Waals surface area contributed by atoms with E-state index < -0.39 is 0 Å². The van der Waals surface area contributed by atoms with Gasteiger partial charge in [-0.15, -0.1) is 0 Å². The van der Waals surface area contributed by atoms with Crippen LogP contribution in [0.5, 0.6) is 5.75 Å². The number of hydrazine groups is 1. The summed E-state index contributed by atoms with van der Waals surface area (Å²) >= 11 is 0. The van der Waals surface area contributed by atoms with Gasteiger partial charge >= 0.3 is 5.69 Å². The molecular formula is C15H23N3O3. The molecule has 6 nitrogen and oxygen atoms in total. The molecule has 0 saturated carbocycles. The molecule has 1 N–H and O–H groups in total. The lowest BCUT2D eigenvalue weighted by molar-refractivity contribution is -0.385. The first-order valence-corrected chi connectivity index (χ1v) is 7.49. The van der Waals surface area contributed by atoms with Crippen LogP contribution in [0.2, 0.25) is 0 Å². The quantitative estimate of drug-likeness (QED) is 0.664. The summed E-state index contributed by atoms with van der Waals surface area (Å²) in [5.41, 5.74) is 3.74. The lowest BCUT2D eigenvalue weighted by atomic mass is 10.00. The van der Waals surface area contributed by atoms with Crippen LogP contribution in [-0.4, -0.2) is 28.6 Å². The van der Waals surface area contributed by atoms with E-state index >= 15 is 0 Å². The molecule has 0 amide bonds. The Hall–Kier alpha value is -1.82. The Morgan fingerprint density at radius 3 is 2.62 bits per heavy atom. The molecule has 0 aromatic heterocycles. The van der Waals surface area contributed by atoms with Crippen molar-refractivity contribution in [1.29, 1.82) is 0 Å². The largest absolute Gasteiger partial charge is 0.487 e. The number of benzene rings is 1. The van der Waals surface area contributed by atoms with Crippen LogP contribution < -0.4 is 10.2 Å². The van der Waals surface area contributed by atoms with E-state index in [1.807, 2.05) is 6.92 Å². The van der Waals surface area contributed by atoms with Gasteiger partial charge in [-0.05, 0) is 45.7 Å². The highest BCUT2D eigenvalue weighted by molar-refractivity contribution is 5.68. The minimum Gasteiger partial charge on any atom is -0.487 e. The lowest BCUT2D eigenvalue weighted by Gasteiger charge is -2.39.